The smallest absolute Gasteiger partial charge is 0.387 e. The number of guanidine groups is 1. The van der Waals surface area contributed by atoms with Crippen LogP contribution in [0.2, 0.25) is 0 Å². The van der Waals surface area contributed by atoms with Crippen molar-refractivity contribution in [1.29, 1.82) is 0 Å². The fraction of sp³-hybridized carbons (Fsp3) is 0.611. The molecular formula is C18H27F2N5O. The van der Waals surface area contributed by atoms with E-state index in [0.29, 0.717) is 12.6 Å². The van der Waals surface area contributed by atoms with Gasteiger partial charge in [0.2, 0.25) is 0 Å². The monoisotopic (exact) mass is 367 g/mol. The van der Waals surface area contributed by atoms with Gasteiger partial charge in [-0.15, -0.1) is 0 Å². The van der Waals surface area contributed by atoms with Gasteiger partial charge in [0.15, 0.2) is 5.96 Å². The Morgan fingerprint density at radius 2 is 1.96 bits per heavy atom. The molecule has 6 nitrogen and oxygen atoms in total. The molecule has 0 aliphatic carbocycles. The van der Waals surface area contributed by atoms with E-state index < -0.39 is 6.61 Å². The van der Waals surface area contributed by atoms with Gasteiger partial charge < -0.3 is 15.0 Å². The lowest BCUT2D eigenvalue weighted by molar-refractivity contribution is -0.0498. The largest absolute Gasteiger partial charge is 0.435 e. The van der Waals surface area contributed by atoms with Crippen LogP contribution in [0.1, 0.15) is 5.56 Å². The molecule has 2 bridgehead atoms. The Balaban J connectivity index is 1.50. The highest BCUT2D eigenvalue weighted by Gasteiger charge is 2.31. The van der Waals surface area contributed by atoms with Gasteiger partial charge in [-0.25, -0.2) is 0 Å². The van der Waals surface area contributed by atoms with E-state index in [2.05, 4.69) is 24.8 Å². The molecule has 1 atom stereocenters. The van der Waals surface area contributed by atoms with Crippen molar-refractivity contribution in [1.82, 2.24) is 20.0 Å². The summed E-state index contributed by atoms with van der Waals surface area (Å²) in [5, 5.41) is 3.47. The van der Waals surface area contributed by atoms with E-state index in [0.717, 1.165) is 37.7 Å². The van der Waals surface area contributed by atoms with Crippen LogP contribution in [0.5, 0.6) is 5.75 Å². The highest BCUT2D eigenvalue weighted by Crippen LogP contribution is 2.16. The Labute approximate surface area is 153 Å². The van der Waals surface area contributed by atoms with Crippen molar-refractivity contribution in [3.05, 3.63) is 29.8 Å². The molecular weight excluding hydrogens is 340 g/mol. The van der Waals surface area contributed by atoms with Gasteiger partial charge in [0.05, 0.1) is 0 Å². The number of piperazine rings is 3. The van der Waals surface area contributed by atoms with Gasteiger partial charge >= 0.3 is 6.61 Å². The molecule has 1 aromatic carbocycles. The van der Waals surface area contributed by atoms with E-state index in [9.17, 15) is 8.78 Å². The van der Waals surface area contributed by atoms with Crippen molar-refractivity contribution in [2.45, 2.75) is 19.2 Å². The predicted octanol–water partition coefficient (Wildman–Crippen LogP) is 1.30. The van der Waals surface area contributed by atoms with Gasteiger partial charge in [-0.1, -0.05) is 12.1 Å². The number of halogens is 2. The highest BCUT2D eigenvalue weighted by atomic mass is 19.3. The second-order valence-electron chi connectivity index (χ2n) is 6.80. The standard InChI is InChI=1S/C18H27F2N5O/c1-21-18(22-11-15-13-24-7-9-25(15)10-8-24)23(2)12-14-3-5-16(6-4-14)26-17(19)20/h3-6,15,17H,7-13H2,1-2H3,(H,21,22). The van der Waals surface area contributed by atoms with Crippen LogP contribution in [0.15, 0.2) is 29.3 Å². The van der Waals surface area contributed by atoms with Crippen molar-refractivity contribution in [2.75, 3.05) is 53.4 Å². The molecule has 3 saturated heterocycles. The molecule has 26 heavy (non-hydrogen) atoms. The van der Waals surface area contributed by atoms with Crippen LogP contribution in [0.4, 0.5) is 8.78 Å². The maximum absolute atomic E-state index is 12.2. The lowest BCUT2D eigenvalue weighted by atomic mass is 10.1. The molecule has 3 aliphatic heterocycles. The van der Waals surface area contributed by atoms with Crippen LogP contribution in [-0.2, 0) is 6.54 Å². The summed E-state index contributed by atoms with van der Waals surface area (Å²) in [5.41, 5.74) is 1.00. The minimum Gasteiger partial charge on any atom is -0.435 e. The molecule has 1 aromatic rings. The predicted molar refractivity (Wildman–Crippen MR) is 97.7 cm³/mol. The van der Waals surface area contributed by atoms with E-state index >= 15 is 0 Å². The Morgan fingerprint density at radius 1 is 1.27 bits per heavy atom. The quantitative estimate of drug-likeness (QED) is 0.606. The molecule has 8 heteroatoms. The van der Waals surface area contributed by atoms with Gasteiger partial charge in [-0.3, -0.25) is 14.8 Å². The molecule has 3 fully saturated rings. The second-order valence-corrected chi connectivity index (χ2v) is 6.80. The number of alkyl halides is 2. The SMILES string of the molecule is CN=C(NCC1CN2CCN1CC2)N(C)Cc1ccc(OC(F)F)cc1. The minimum atomic E-state index is -2.80. The highest BCUT2D eigenvalue weighted by molar-refractivity contribution is 5.79. The molecule has 0 radical (unpaired) electrons. The Morgan fingerprint density at radius 3 is 2.50 bits per heavy atom. The van der Waals surface area contributed by atoms with Gasteiger partial charge in [0.25, 0.3) is 0 Å². The fourth-order valence-corrected chi connectivity index (χ4v) is 3.64. The fourth-order valence-electron chi connectivity index (χ4n) is 3.64. The first-order valence-electron chi connectivity index (χ1n) is 8.97. The zero-order chi connectivity index (χ0) is 18.5. The molecule has 1 unspecified atom stereocenters. The topological polar surface area (TPSA) is 43.3 Å². The normalized spacial score (nSPS) is 25.4. The Bertz CT molecular complexity index is 602. The summed E-state index contributed by atoms with van der Waals surface area (Å²) >= 11 is 0. The van der Waals surface area contributed by atoms with Crippen LogP contribution in [0.25, 0.3) is 0 Å². The minimum absolute atomic E-state index is 0.172. The number of nitrogens with zero attached hydrogens (tertiary/aromatic N) is 4. The summed E-state index contributed by atoms with van der Waals surface area (Å²) in [5.74, 6) is 1.00. The first-order valence-corrected chi connectivity index (χ1v) is 8.97. The van der Waals surface area contributed by atoms with E-state index in [1.54, 1.807) is 31.3 Å². The van der Waals surface area contributed by atoms with Crippen molar-refractivity contribution in [3.63, 3.8) is 0 Å². The third kappa shape index (κ3) is 4.82. The molecule has 0 amide bonds. The van der Waals surface area contributed by atoms with Crippen LogP contribution in [0, 0.1) is 0 Å². The van der Waals surface area contributed by atoms with Crippen LogP contribution in [-0.4, -0.2) is 86.7 Å². The van der Waals surface area contributed by atoms with Crippen LogP contribution in [0.3, 0.4) is 0 Å². The Hall–Kier alpha value is -1.93. The van der Waals surface area contributed by atoms with E-state index in [4.69, 9.17) is 0 Å². The molecule has 0 saturated carbocycles. The molecule has 3 heterocycles. The summed E-state index contributed by atoms with van der Waals surface area (Å²) < 4.78 is 28.8. The molecule has 144 valence electrons. The van der Waals surface area contributed by atoms with Gasteiger partial charge in [-0.05, 0) is 17.7 Å². The first kappa shape index (κ1) is 18.8. The van der Waals surface area contributed by atoms with Crippen molar-refractivity contribution in [3.8, 4) is 5.75 Å². The number of nitrogens with one attached hydrogen (secondary N) is 1. The van der Waals surface area contributed by atoms with Crippen LogP contribution < -0.4 is 10.1 Å². The number of hydrogen-bond donors (Lipinski definition) is 1. The number of ether oxygens (including phenoxy) is 1. The molecule has 0 spiro atoms. The number of fused-ring (bicyclic) bond motifs is 3. The third-order valence-corrected chi connectivity index (χ3v) is 5.03. The Kier molecular flexibility index (Phi) is 6.26. The van der Waals surface area contributed by atoms with E-state index in [-0.39, 0.29) is 5.75 Å². The zero-order valence-corrected chi connectivity index (χ0v) is 15.4. The lowest BCUT2D eigenvalue weighted by Gasteiger charge is -2.47. The maximum Gasteiger partial charge on any atom is 0.387 e. The molecule has 1 N–H and O–H groups in total. The van der Waals surface area contributed by atoms with Crippen molar-refractivity contribution < 1.29 is 13.5 Å². The number of hydrogen-bond acceptors (Lipinski definition) is 4. The van der Waals surface area contributed by atoms with Crippen LogP contribution >= 0.6 is 0 Å². The summed E-state index contributed by atoms with van der Waals surface area (Å²) in [6, 6.07) is 7.23. The van der Waals surface area contributed by atoms with E-state index in [1.165, 1.54) is 13.1 Å². The number of aliphatic imine (C=N–C) groups is 1. The lowest BCUT2D eigenvalue weighted by Crippen LogP contribution is -2.63. The van der Waals surface area contributed by atoms with Crippen molar-refractivity contribution >= 4 is 5.96 Å². The van der Waals surface area contributed by atoms with Gasteiger partial charge in [0, 0.05) is 66.0 Å². The van der Waals surface area contributed by atoms with E-state index in [1.807, 2.05) is 11.9 Å². The number of rotatable bonds is 6. The molecule has 0 aromatic heterocycles. The average molecular weight is 367 g/mol. The summed E-state index contributed by atoms with van der Waals surface area (Å²) in [6.45, 7) is 4.46. The van der Waals surface area contributed by atoms with Gasteiger partial charge in [0.1, 0.15) is 5.75 Å². The maximum atomic E-state index is 12.2. The van der Waals surface area contributed by atoms with Crippen molar-refractivity contribution in [2.24, 2.45) is 4.99 Å². The summed E-state index contributed by atoms with van der Waals surface area (Å²) in [7, 11) is 3.74. The molecule has 4 rings (SSSR count). The average Bonchev–Trinajstić information content (AvgIpc) is 2.64. The first-order chi connectivity index (χ1) is 12.5. The molecule has 3 aliphatic rings. The summed E-state index contributed by atoms with van der Waals surface area (Å²) in [4.78, 5) is 11.4. The summed E-state index contributed by atoms with van der Waals surface area (Å²) in [6.07, 6.45) is 0. The third-order valence-electron chi connectivity index (χ3n) is 5.03. The van der Waals surface area contributed by atoms with Gasteiger partial charge in [-0.2, -0.15) is 8.78 Å². The zero-order valence-electron chi connectivity index (χ0n) is 15.4. The second kappa shape index (κ2) is 8.64. The number of benzene rings is 1.